The molecule has 0 aliphatic heterocycles. The molecule has 0 atom stereocenters. The van der Waals surface area contributed by atoms with Gasteiger partial charge in [0.15, 0.2) is 5.13 Å². The molecular weight excluding hydrogens is 404 g/mol. The summed E-state index contributed by atoms with van der Waals surface area (Å²) in [5, 5.41) is 6.46. The summed E-state index contributed by atoms with van der Waals surface area (Å²) in [5.74, 6) is 0.845. The van der Waals surface area contributed by atoms with Gasteiger partial charge in [0.25, 0.3) is 0 Å². The van der Waals surface area contributed by atoms with Crippen LogP contribution in [0.25, 0.3) is 17.1 Å². The van der Waals surface area contributed by atoms with Crippen LogP contribution < -0.4 is 10.2 Å². The fraction of sp³-hybridized carbons (Fsp3) is 0.292. The summed E-state index contributed by atoms with van der Waals surface area (Å²) in [6, 6.07) is 8.52. The number of thiazole rings is 1. The van der Waals surface area contributed by atoms with E-state index in [0.717, 1.165) is 46.7 Å². The SMILES string of the molecule is CCN(CC)c1cc(Nc2nc(-c3ccc(-n4cnc(C)c4)nc3)cs2)c(C)cc1C. The second-order valence-corrected chi connectivity index (χ2v) is 8.47. The third kappa shape index (κ3) is 4.46. The lowest BCUT2D eigenvalue weighted by molar-refractivity contribution is 0.861. The van der Waals surface area contributed by atoms with Crippen molar-refractivity contribution in [2.75, 3.05) is 23.3 Å². The number of pyridine rings is 1. The first-order chi connectivity index (χ1) is 15.0. The molecule has 7 heteroatoms. The topological polar surface area (TPSA) is 58.9 Å². The highest BCUT2D eigenvalue weighted by molar-refractivity contribution is 7.14. The molecule has 1 N–H and O–H groups in total. The Morgan fingerprint density at radius 3 is 2.48 bits per heavy atom. The first kappa shape index (κ1) is 21.1. The number of benzene rings is 1. The summed E-state index contributed by atoms with van der Waals surface area (Å²) in [7, 11) is 0. The van der Waals surface area contributed by atoms with Crippen LogP contribution in [0.5, 0.6) is 0 Å². The molecule has 0 radical (unpaired) electrons. The predicted octanol–water partition coefficient (Wildman–Crippen LogP) is 5.91. The number of rotatable bonds is 7. The summed E-state index contributed by atoms with van der Waals surface area (Å²) in [4.78, 5) is 16.0. The Morgan fingerprint density at radius 1 is 1.03 bits per heavy atom. The summed E-state index contributed by atoms with van der Waals surface area (Å²) in [6.45, 7) is 12.6. The normalized spacial score (nSPS) is 11.0. The number of aromatic nitrogens is 4. The molecule has 0 unspecified atom stereocenters. The maximum Gasteiger partial charge on any atom is 0.187 e. The maximum atomic E-state index is 4.80. The molecule has 6 nitrogen and oxygen atoms in total. The zero-order valence-corrected chi connectivity index (χ0v) is 19.5. The molecule has 160 valence electrons. The smallest absolute Gasteiger partial charge is 0.187 e. The van der Waals surface area contributed by atoms with Gasteiger partial charge in [-0.2, -0.15) is 0 Å². The van der Waals surface area contributed by atoms with E-state index < -0.39 is 0 Å². The fourth-order valence-electron chi connectivity index (χ4n) is 3.70. The van der Waals surface area contributed by atoms with Crippen molar-refractivity contribution in [2.24, 2.45) is 0 Å². The summed E-state index contributed by atoms with van der Waals surface area (Å²) in [6.07, 6.45) is 5.60. The minimum atomic E-state index is 0.845. The van der Waals surface area contributed by atoms with Crippen LogP contribution in [0, 0.1) is 20.8 Å². The van der Waals surface area contributed by atoms with Crippen molar-refractivity contribution in [3.05, 3.63) is 65.2 Å². The van der Waals surface area contributed by atoms with E-state index in [-0.39, 0.29) is 0 Å². The van der Waals surface area contributed by atoms with Gasteiger partial charge in [0, 0.05) is 47.8 Å². The molecule has 0 saturated heterocycles. The second kappa shape index (κ2) is 8.89. The van der Waals surface area contributed by atoms with Gasteiger partial charge in [0.05, 0.1) is 11.4 Å². The Hall–Kier alpha value is -3.19. The number of aryl methyl sites for hydroxylation is 3. The molecule has 4 aromatic rings. The van der Waals surface area contributed by atoms with Gasteiger partial charge in [0.1, 0.15) is 12.1 Å². The molecule has 0 aliphatic carbocycles. The highest BCUT2D eigenvalue weighted by Gasteiger charge is 2.12. The molecule has 1 aromatic carbocycles. The summed E-state index contributed by atoms with van der Waals surface area (Å²) >= 11 is 1.60. The molecule has 0 spiro atoms. The number of nitrogens with one attached hydrogen (secondary N) is 1. The Balaban J connectivity index is 1.55. The predicted molar refractivity (Wildman–Crippen MR) is 130 cm³/mol. The fourth-order valence-corrected chi connectivity index (χ4v) is 4.43. The first-order valence-electron chi connectivity index (χ1n) is 10.5. The van der Waals surface area contributed by atoms with Crippen LogP contribution in [0.4, 0.5) is 16.5 Å². The molecule has 3 heterocycles. The zero-order chi connectivity index (χ0) is 22.0. The van der Waals surface area contributed by atoms with E-state index in [4.69, 9.17) is 4.98 Å². The van der Waals surface area contributed by atoms with Crippen LogP contribution in [0.1, 0.15) is 30.7 Å². The van der Waals surface area contributed by atoms with Crippen molar-refractivity contribution in [1.82, 2.24) is 19.5 Å². The van der Waals surface area contributed by atoms with E-state index in [1.165, 1.54) is 16.8 Å². The van der Waals surface area contributed by atoms with Crippen molar-refractivity contribution in [1.29, 1.82) is 0 Å². The minimum Gasteiger partial charge on any atom is -0.372 e. The maximum absolute atomic E-state index is 4.80. The number of nitrogens with zero attached hydrogens (tertiary/aromatic N) is 5. The average Bonchev–Trinajstić information content (AvgIpc) is 3.41. The van der Waals surface area contributed by atoms with Gasteiger partial charge in [-0.15, -0.1) is 11.3 Å². The Morgan fingerprint density at radius 2 is 1.84 bits per heavy atom. The number of hydrogen-bond donors (Lipinski definition) is 1. The van der Waals surface area contributed by atoms with Crippen molar-refractivity contribution < 1.29 is 0 Å². The van der Waals surface area contributed by atoms with Crippen molar-refractivity contribution >= 4 is 27.8 Å². The van der Waals surface area contributed by atoms with Crippen molar-refractivity contribution in [2.45, 2.75) is 34.6 Å². The van der Waals surface area contributed by atoms with Crippen LogP contribution >= 0.6 is 11.3 Å². The summed E-state index contributed by atoms with van der Waals surface area (Å²) < 4.78 is 1.92. The van der Waals surface area contributed by atoms with Gasteiger partial charge in [-0.05, 0) is 63.9 Å². The molecular formula is C24H28N6S. The molecule has 0 amide bonds. The van der Waals surface area contributed by atoms with Crippen LogP contribution in [0.15, 0.2) is 48.4 Å². The Bertz CT molecular complexity index is 1170. The van der Waals surface area contributed by atoms with E-state index in [0.29, 0.717) is 0 Å². The van der Waals surface area contributed by atoms with Gasteiger partial charge in [-0.1, -0.05) is 6.07 Å². The van der Waals surface area contributed by atoms with E-state index in [1.54, 1.807) is 17.7 Å². The van der Waals surface area contributed by atoms with Crippen LogP contribution in [-0.2, 0) is 0 Å². The minimum absolute atomic E-state index is 0.845. The zero-order valence-electron chi connectivity index (χ0n) is 18.7. The molecule has 3 aromatic heterocycles. The largest absolute Gasteiger partial charge is 0.372 e. The van der Waals surface area contributed by atoms with Crippen LogP contribution in [0.3, 0.4) is 0 Å². The number of hydrogen-bond acceptors (Lipinski definition) is 6. The van der Waals surface area contributed by atoms with E-state index in [9.17, 15) is 0 Å². The lowest BCUT2D eigenvalue weighted by Crippen LogP contribution is -2.22. The molecule has 0 bridgehead atoms. The van der Waals surface area contributed by atoms with E-state index in [2.05, 4.69) is 65.4 Å². The third-order valence-corrected chi connectivity index (χ3v) is 6.17. The standard InChI is InChI=1S/C24H28N6S/c1-6-29(7-2)22-11-20(16(3)10-17(22)4)27-24-28-21(14-31-24)19-8-9-23(25-12-19)30-13-18(5)26-15-30/h8-15H,6-7H2,1-5H3,(H,27,28). The highest BCUT2D eigenvalue weighted by atomic mass is 32.1. The Labute approximate surface area is 187 Å². The van der Waals surface area contributed by atoms with Gasteiger partial charge < -0.3 is 10.2 Å². The molecule has 0 saturated carbocycles. The van der Waals surface area contributed by atoms with Gasteiger partial charge in [-0.3, -0.25) is 4.57 Å². The van der Waals surface area contributed by atoms with Crippen molar-refractivity contribution in [3.8, 4) is 17.1 Å². The summed E-state index contributed by atoms with van der Waals surface area (Å²) in [5.41, 5.74) is 7.76. The Kier molecular flexibility index (Phi) is 6.04. The monoisotopic (exact) mass is 432 g/mol. The van der Waals surface area contributed by atoms with Gasteiger partial charge >= 0.3 is 0 Å². The number of anilines is 3. The van der Waals surface area contributed by atoms with Gasteiger partial charge in [0.2, 0.25) is 0 Å². The van der Waals surface area contributed by atoms with E-state index in [1.807, 2.05) is 36.0 Å². The van der Waals surface area contributed by atoms with E-state index >= 15 is 0 Å². The molecule has 31 heavy (non-hydrogen) atoms. The first-order valence-corrected chi connectivity index (χ1v) is 11.4. The van der Waals surface area contributed by atoms with Crippen molar-refractivity contribution in [3.63, 3.8) is 0 Å². The molecule has 0 aliphatic rings. The lowest BCUT2D eigenvalue weighted by atomic mass is 10.1. The van der Waals surface area contributed by atoms with Gasteiger partial charge in [-0.25, -0.2) is 15.0 Å². The second-order valence-electron chi connectivity index (χ2n) is 7.62. The average molecular weight is 433 g/mol. The lowest BCUT2D eigenvalue weighted by Gasteiger charge is -2.24. The molecule has 0 fully saturated rings. The third-order valence-electron chi connectivity index (χ3n) is 5.41. The van der Waals surface area contributed by atoms with Crippen LogP contribution in [-0.4, -0.2) is 32.6 Å². The number of imidazole rings is 1. The highest BCUT2D eigenvalue weighted by Crippen LogP contribution is 2.32. The van der Waals surface area contributed by atoms with Crippen LogP contribution in [0.2, 0.25) is 0 Å². The quantitative estimate of drug-likeness (QED) is 0.394. The molecule has 4 rings (SSSR count).